The van der Waals surface area contributed by atoms with Gasteiger partial charge < -0.3 is 9.90 Å². The van der Waals surface area contributed by atoms with Crippen LogP contribution in [0.25, 0.3) is 0 Å². The average Bonchev–Trinajstić information content (AvgIpc) is 3.10. The summed E-state index contributed by atoms with van der Waals surface area (Å²) in [6, 6.07) is 4.89. The number of nitrogens with zero attached hydrogens (tertiary/aromatic N) is 2. The maximum Gasteiger partial charge on any atom is 0.123 e. The van der Waals surface area contributed by atoms with Gasteiger partial charge in [-0.3, -0.25) is 9.80 Å². The lowest BCUT2D eigenvalue weighted by molar-refractivity contribution is -0.112. The summed E-state index contributed by atoms with van der Waals surface area (Å²) in [4.78, 5) is 17.6. The summed E-state index contributed by atoms with van der Waals surface area (Å²) in [5, 5.41) is 9.72. The molecule has 252 valence electrons. The van der Waals surface area contributed by atoms with Gasteiger partial charge in [0.15, 0.2) is 0 Å². The van der Waals surface area contributed by atoms with Gasteiger partial charge in [0.05, 0.1) is 0 Å². The molecule has 6 aliphatic rings. The van der Waals surface area contributed by atoms with Gasteiger partial charge in [-0.25, -0.2) is 0 Å². The van der Waals surface area contributed by atoms with Gasteiger partial charge in [0.2, 0.25) is 0 Å². The van der Waals surface area contributed by atoms with E-state index in [4.69, 9.17) is 0 Å². The number of rotatable bonds is 11. The van der Waals surface area contributed by atoms with E-state index < -0.39 is 0 Å². The van der Waals surface area contributed by atoms with Crippen molar-refractivity contribution in [3.63, 3.8) is 0 Å². The first-order valence-corrected chi connectivity index (χ1v) is 20.3. The molecule has 0 bridgehead atoms. The highest BCUT2D eigenvalue weighted by atomic mass is 16.3. The van der Waals surface area contributed by atoms with Crippen LogP contribution in [0.3, 0.4) is 0 Å². The summed E-state index contributed by atoms with van der Waals surface area (Å²) >= 11 is 0. The molecule has 0 aromatic heterocycles. The molecule has 0 saturated heterocycles. The number of carbonyl (C=O) groups is 1. The minimum atomic E-state index is 0.340. The van der Waals surface area contributed by atoms with Gasteiger partial charge in [-0.2, -0.15) is 0 Å². The number of carbonyl (C=O) groups excluding carboxylic acids is 1. The van der Waals surface area contributed by atoms with Crippen LogP contribution in [0, 0.1) is 23.7 Å². The molecule has 6 saturated carbocycles. The monoisotopic (exact) mass is 611 g/mol. The molecule has 0 aromatic carbocycles. The fraction of sp³-hybridized carbons (Fsp3) is 0.975. The van der Waals surface area contributed by atoms with Gasteiger partial charge >= 0.3 is 0 Å². The van der Waals surface area contributed by atoms with Crippen LogP contribution >= 0.6 is 0 Å². The van der Waals surface area contributed by atoms with Gasteiger partial charge in [-0.1, -0.05) is 51.4 Å². The summed E-state index contributed by atoms with van der Waals surface area (Å²) in [6.45, 7) is 0.408. The Bertz CT molecular complexity index is 805. The zero-order valence-electron chi connectivity index (χ0n) is 28.6. The van der Waals surface area contributed by atoms with Crippen LogP contribution in [0.2, 0.25) is 0 Å². The quantitative estimate of drug-likeness (QED) is 0.237. The Labute approximate surface area is 271 Å². The zero-order chi connectivity index (χ0) is 30.1. The predicted octanol–water partition coefficient (Wildman–Crippen LogP) is 9.46. The molecule has 6 fully saturated rings. The molecule has 0 unspecified atom stereocenters. The van der Waals surface area contributed by atoms with Crippen molar-refractivity contribution in [1.29, 1.82) is 0 Å². The summed E-state index contributed by atoms with van der Waals surface area (Å²) in [5.41, 5.74) is 0. The van der Waals surface area contributed by atoms with Crippen LogP contribution in [0.15, 0.2) is 0 Å². The minimum absolute atomic E-state index is 0.340. The highest BCUT2D eigenvalue weighted by molar-refractivity contribution is 5.53. The van der Waals surface area contributed by atoms with Gasteiger partial charge in [-0.15, -0.1) is 0 Å². The van der Waals surface area contributed by atoms with Crippen molar-refractivity contribution >= 4 is 6.29 Å². The summed E-state index contributed by atoms with van der Waals surface area (Å²) in [6.07, 6.45) is 40.3. The number of hydrogen-bond donors (Lipinski definition) is 1. The molecule has 0 radical (unpaired) electrons. The lowest BCUT2D eigenvalue weighted by Crippen LogP contribution is -2.52. The van der Waals surface area contributed by atoms with Crippen molar-refractivity contribution in [2.75, 3.05) is 6.61 Å². The smallest absolute Gasteiger partial charge is 0.123 e. The molecule has 0 aliphatic heterocycles. The second-order valence-corrected chi connectivity index (χ2v) is 17.0. The number of aliphatic hydroxyl groups is 1. The molecule has 4 heteroatoms. The van der Waals surface area contributed by atoms with E-state index in [2.05, 4.69) is 9.80 Å². The SMILES string of the molecule is O=CC1CCC(N(C2CCCCC2)C2CCC(CCC3CCC(N(C4CCCCC4)C4CCC(CO)CC4)CC3)CC2)CC1. The topological polar surface area (TPSA) is 43.8 Å². The van der Waals surface area contributed by atoms with Crippen molar-refractivity contribution in [3.05, 3.63) is 0 Å². The molecular weight excluding hydrogens is 540 g/mol. The van der Waals surface area contributed by atoms with E-state index in [9.17, 15) is 9.90 Å². The van der Waals surface area contributed by atoms with E-state index in [-0.39, 0.29) is 0 Å². The molecule has 6 aliphatic carbocycles. The first-order chi connectivity index (χ1) is 21.7. The maximum atomic E-state index is 11.4. The van der Waals surface area contributed by atoms with Crippen molar-refractivity contribution in [2.24, 2.45) is 23.7 Å². The number of hydrogen-bond acceptors (Lipinski definition) is 4. The zero-order valence-corrected chi connectivity index (χ0v) is 28.6. The normalized spacial score (nSPS) is 38.6. The van der Waals surface area contributed by atoms with Crippen LogP contribution in [-0.2, 0) is 4.79 Å². The summed E-state index contributed by atoms with van der Waals surface area (Å²) in [5.74, 6) is 2.87. The third kappa shape index (κ3) is 8.71. The van der Waals surface area contributed by atoms with Crippen molar-refractivity contribution in [1.82, 2.24) is 9.80 Å². The Morgan fingerprint density at radius 1 is 0.409 bits per heavy atom. The number of aldehydes is 1. The molecular formula is C40H70N2O2. The average molecular weight is 611 g/mol. The molecule has 44 heavy (non-hydrogen) atoms. The Morgan fingerprint density at radius 3 is 1.07 bits per heavy atom. The lowest BCUT2D eigenvalue weighted by atomic mass is 9.75. The molecule has 0 atom stereocenters. The van der Waals surface area contributed by atoms with Crippen molar-refractivity contribution in [2.45, 2.75) is 216 Å². The molecule has 0 aromatic rings. The molecule has 1 N–H and O–H groups in total. The first-order valence-electron chi connectivity index (χ1n) is 20.3. The van der Waals surface area contributed by atoms with Crippen LogP contribution in [0.5, 0.6) is 0 Å². The van der Waals surface area contributed by atoms with Crippen LogP contribution in [-0.4, -0.2) is 64.1 Å². The van der Waals surface area contributed by atoms with E-state index in [1.807, 2.05) is 0 Å². The lowest BCUT2D eigenvalue weighted by Gasteiger charge is -2.49. The highest BCUT2D eigenvalue weighted by Gasteiger charge is 2.39. The van der Waals surface area contributed by atoms with Crippen LogP contribution in [0.1, 0.15) is 180 Å². The number of aliphatic hydroxyl groups excluding tert-OH is 1. The molecule has 6 rings (SSSR count). The van der Waals surface area contributed by atoms with E-state index in [0.29, 0.717) is 18.4 Å². The second-order valence-electron chi connectivity index (χ2n) is 17.0. The second kappa shape index (κ2) is 17.1. The third-order valence-electron chi connectivity index (χ3n) is 14.3. The van der Waals surface area contributed by atoms with E-state index in [0.717, 1.165) is 60.9 Å². The standard InChI is InChI=1S/C40H70N2O2/c43-29-33-17-25-39(26-18-33)41(35-7-3-1-4-8-35)37-21-13-31(14-22-37)11-12-32-15-23-38(24-16-32)42(36-9-5-2-6-10-36)40-27-19-34(30-44)20-28-40/h29,31-40,44H,1-28,30H2. The summed E-state index contributed by atoms with van der Waals surface area (Å²) < 4.78 is 0. The molecule has 0 amide bonds. The fourth-order valence-corrected chi connectivity index (χ4v) is 11.6. The minimum Gasteiger partial charge on any atom is -0.396 e. The van der Waals surface area contributed by atoms with Crippen molar-refractivity contribution in [3.8, 4) is 0 Å². The van der Waals surface area contributed by atoms with Gasteiger partial charge in [0, 0.05) is 48.8 Å². The van der Waals surface area contributed by atoms with E-state index in [1.165, 1.54) is 173 Å². The van der Waals surface area contributed by atoms with Gasteiger partial charge in [-0.05, 0) is 146 Å². The summed E-state index contributed by atoms with van der Waals surface area (Å²) in [7, 11) is 0. The van der Waals surface area contributed by atoms with Gasteiger partial charge in [0.1, 0.15) is 6.29 Å². The first kappa shape index (κ1) is 33.5. The fourth-order valence-electron chi connectivity index (χ4n) is 11.6. The molecule has 0 heterocycles. The van der Waals surface area contributed by atoms with Crippen LogP contribution in [0.4, 0.5) is 0 Å². The molecule has 0 spiro atoms. The Morgan fingerprint density at radius 2 is 0.727 bits per heavy atom. The van der Waals surface area contributed by atoms with Crippen LogP contribution < -0.4 is 0 Å². The van der Waals surface area contributed by atoms with E-state index in [1.54, 1.807) is 0 Å². The highest BCUT2D eigenvalue weighted by Crippen LogP contribution is 2.42. The van der Waals surface area contributed by atoms with Gasteiger partial charge in [0.25, 0.3) is 0 Å². The largest absolute Gasteiger partial charge is 0.396 e. The Balaban J connectivity index is 0.955. The predicted molar refractivity (Wildman–Crippen MR) is 183 cm³/mol. The Hall–Kier alpha value is -0.450. The molecule has 4 nitrogen and oxygen atoms in total. The maximum absolute atomic E-state index is 11.4. The third-order valence-corrected chi connectivity index (χ3v) is 14.3. The van der Waals surface area contributed by atoms with E-state index >= 15 is 0 Å². The van der Waals surface area contributed by atoms with Crippen molar-refractivity contribution < 1.29 is 9.90 Å². The Kier molecular flexibility index (Phi) is 13.0.